The highest BCUT2D eigenvalue weighted by atomic mass is 16.5. The second-order valence-electron chi connectivity index (χ2n) is 6.39. The highest BCUT2D eigenvalue weighted by Gasteiger charge is 2.42. The summed E-state index contributed by atoms with van der Waals surface area (Å²) in [6.07, 6.45) is 1.73. The third kappa shape index (κ3) is 4.51. The molecule has 0 aliphatic carbocycles. The number of pyridine rings is 1. The Kier molecular flexibility index (Phi) is 5.87. The van der Waals surface area contributed by atoms with E-state index >= 15 is 0 Å². The Bertz CT molecular complexity index is 452. The maximum absolute atomic E-state index is 12.9. The van der Waals surface area contributed by atoms with Gasteiger partial charge in [-0.2, -0.15) is 0 Å². The summed E-state index contributed by atoms with van der Waals surface area (Å²) in [5, 5.41) is 0. The third-order valence-electron chi connectivity index (χ3n) is 4.08. The number of ether oxygens (including phenoxy) is 1. The highest BCUT2D eigenvalue weighted by Crippen LogP contribution is 2.31. The molecule has 0 bridgehead atoms. The number of hydrogen-bond donors (Lipinski definition) is 1. The van der Waals surface area contributed by atoms with Gasteiger partial charge >= 0.3 is 0 Å². The Morgan fingerprint density at radius 2 is 2.00 bits per heavy atom. The van der Waals surface area contributed by atoms with E-state index < -0.39 is 11.0 Å². The van der Waals surface area contributed by atoms with Crippen molar-refractivity contribution in [2.24, 2.45) is 11.1 Å². The molecule has 5 nitrogen and oxygen atoms in total. The monoisotopic (exact) mass is 293 g/mol. The van der Waals surface area contributed by atoms with Crippen LogP contribution in [0.5, 0.6) is 0 Å². The van der Waals surface area contributed by atoms with Gasteiger partial charge in [-0.25, -0.2) is 0 Å². The number of carbonyl (C=O) groups is 1. The lowest BCUT2D eigenvalue weighted by Gasteiger charge is -2.40. The smallest absolute Gasteiger partial charge is 0.230 e. The summed E-state index contributed by atoms with van der Waals surface area (Å²) in [5.41, 5.74) is 5.75. The molecule has 2 N–H and O–H groups in total. The zero-order valence-corrected chi connectivity index (χ0v) is 13.7. The van der Waals surface area contributed by atoms with Gasteiger partial charge in [0.2, 0.25) is 5.91 Å². The van der Waals surface area contributed by atoms with Gasteiger partial charge in [0.05, 0.1) is 24.3 Å². The van der Waals surface area contributed by atoms with Crippen molar-refractivity contribution in [2.75, 3.05) is 20.3 Å². The fourth-order valence-electron chi connectivity index (χ4n) is 1.81. The van der Waals surface area contributed by atoms with Crippen LogP contribution in [0.15, 0.2) is 24.4 Å². The first-order valence-corrected chi connectivity index (χ1v) is 7.17. The quantitative estimate of drug-likeness (QED) is 0.832. The van der Waals surface area contributed by atoms with E-state index in [1.54, 1.807) is 18.2 Å². The van der Waals surface area contributed by atoms with E-state index in [9.17, 15) is 4.79 Å². The summed E-state index contributed by atoms with van der Waals surface area (Å²) in [6.45, 7) is 8.98. The first-order valence-electron chi connectivity index (χ1n) is 7.17. The molecule has 0 fully saturated rings. The molecule has 118 valence electrons. The second kappa shape index (κ2) is 7.00. The molecule has 1 aromatic heterocycles. The van der Waals surface area contributed by atoms with E-state index in [0.29, 0.717) is 19.7 Å². The first kappa shape index (κ1) is 17.6. The first-order chi connectivity index (χ1) is 9.70. The molecule has 21 heavy (non-hydrogen) atoms. The summed E-state index contributed by atoms with van der Waals surface area (Å²) in [4.78, 5) is 18.9. The number of hydrogen-bond acceptors (Lipinski definition) is 4. The van der Waals surface area contributed by atoms with Crippen LogP contribution in [0.25, 0.3) is 0 Å². The van der Waals surface area contributed by atoms with Crippen molar-refractivity contribution in [1.82, 2.24) is 9.88 Å². The van der Waals surface area contributed by atoms with Gasteiger partial charge in [-0.05, 0) is 39.8 Å². The van der Waals surface area contributed by atoms with E-state index in [1.807, 2.05) is 45.9 Å². The van der Waals surface area contributed by atoms with E-state index in [2.05, 4.69) is 4.98 Å². The normalized spacial score (nSPS) is 12.3. The van der Waals surface area contributed by atoms with Crippen LogP contribution >= 0.6 is 0 Å². The Hall–Kier alpha value is -1.46. The van der Waals surface area contributed by atoms with Crippen molar-refractivity contribution in [3.8, 4) is 0 Å². The average molecular weight is 293 g/mol. The number of aromatic nitrogens is 1. The molecule has 0 unspecified atom stereocenters. The summed E-state index contributed by atoms with van der Waals surface area (Å²) in [6, 6.07) is 5.69. The molecule has 0 saturated heterocycles. The number of rotatable bonds is 7. The molecular weight excluding hydrogens is 266 g/mol. The molecule has 1 aromatic rings. The molecule has 0 atom stereocenters. The predicted molar refractivity (Wildman–Crippen MR) is 83.6 cm³/mol. The van der Waals surface area contributed by atoms with Crippen LogP contribution in [0.1, 0.15) is 33.4 Å². The fraction of sp³-hybridized carbons (Fsp3) is 0.625. The van der Waals surface area contributed by atoms with Crippen molar-refractivity contribution < 1.29 is 9.53 Å². The van der Waals surface area contributed by atoms with Crippen molar-refractivity contribution in [2.45, 2.75) is 39.8 Å². The molecule has 0 aliphatic heterocycles. The Morgan fingerprint density at radius 3 is 2.48 bits per heavy atom. The van der Waals surface area contributed by atoms with Gasteiger partial charge in [0.15, 0.2) is 0 Å². The van der Waals surface area contributed by atoms with Gasteiger partial charge in [0.25, 0.3) is 0 Å². The van der Waals surface area contributed by atoms with Crippen molar-refractivity contribution in [1.29, 1.82) is 0 Å². The van der Waals surface area contributed by atoms with Crippen LogP contribution in [0, 0.1) is 5.41 Å². The second-order valence-corrected chi connectivity index (χ2v) is 6.39. The van der Waals surface area contributed by atoms with Gasteiger partial charge < -0.3 is 15.4 Å². The van der Waals surface area contributed by atoms with Crippen molar-refractivity contribution in [3.05, 3.63) is 30.1 Å². The largest absolute Gasteiger partial charge is 0.383 e. The van der Waals surface area contributed by atoms with Crippen LogP contribution in [-0.2, 0) is 16.1 Å². The van der Waals surface area contributed by atoms with Gasteiger partial charge in [0.1, 0.15) is 0 Å². The lowest BCUT2D eigenvalue weighted by molar-refractivity contribution is -0.144. The molecule has 0 saturated carbocycles. The molecule has 0 aliphatic rings. The van der Waals surface area contributed by atoms with Crippen LogP contribution < -0.4 is 5.73 Å². The van der Waals surface area contributed by atoms with E-state index in [4.69, 9.17) is 10.5 Å². The summed E-state index contributed by atoms with van der Waals surface area (Å²) in [7, 11) is 1.63. The maximum Gasteiger partial charge on any atom is 0.230 e. The SMILES string of the molecule is COCCN(Cc1ccccn1)C(=O)C(C)(C)C(C)(C)N. The van der Waals surface area contributed by atoms with E-state index in [-0.39, 0.29) is 5.91 Å². The molecule has 1 amide bonds. The zero-order chi connectivity index (χ0) is 16.1. The van der Waals surface area contributed by atoms with Gasteiger partial charge in [-0.1, -0.05) is 6.07 Å². The number of amides is 1. The number of carbonyl (C=O) groups excluding carboxylic acids is 1. The minimum Gasteiger partial charge on any atom is -0.383 e. The maximum atomic E-state index is 12.9. The predicted octanol–water partition coefficient (Wildman–Crippen LogP) is 1.82. The van der Waals surface area contributed by atoms with Crippen LogP contribution in [0.4, 0.5) is 0 Å². The molecule has 0 spiro atoms. The van der Waals surface area contributed by atoms with Crippen molar-refractivity contribution in [3.63, 3.8) is 0 Å². The van der Waals surface area contributed by atoms with E-state index in [1.165, 1.54) is 0 Å². The molecule has 0 radical (unpaired) electrons. The zero-order valence-electron chi connectivity index (χ0n) is 13.7. The average Bonchev–Trinajstić information content (AvgIpc) is 2.42. The minimum atomic E-state index is -0.671. The Labute approximate surface area is 127 Å². The minimum absolute atomic E-state index is 0.0118. The number of nitrogens with zero attached hydrogens (tertiary/aromatic N) is 2. The molecule has 5 heteroatoms. The van der Waals surface area contributed by atoms with Gasteiger partial charge in [0, 0.05) is 25.4 Å². The van der Waals surface area contributed by atoms with Crippen molar-refractivity contribution >= 4 is 5.91 Å². The third-order valence-corrected chi connectivity index (χ3v) is 4.08. The standard InChI is InChI=1S/C16H27N3O2/c1-15(2,16(3,4)17)14(20)19(10-11-21-5)12-13-8-6-7-9-18-13/h6-9H,10-12,17H2,1-5H3. The molecule has 1 heterocycles. The summed E-state index contributed by atoms with van der Waals surface area (Å²) < 4.78 is 5.11. The lowest BCUT2D eigenvalue weighted by Crippen LogP contribution is -2.56. The summed E-state index contributed by atoms with van der Waals surface area (Å²) in [5.74, 6) is 0.0118. The number of methoxy groups -OCH3 is 1. The number of nitrogens with two attached hydrogens (primary N) is 1. The molecule has 1 rings (SSSR count). The lowest BCUT2D eigenvalue weighted by atomic mass is 9.74. The fourth-order valence-corrected chi connectivity index (χ4v) is 1.81. The van der Waals surface area contributed by atoms with Crippen LogP contribution in [-0.4, -0.2) is 41.6 Å². The van der Waals surface area contributed by atoms with E-state index in [0.717, 1.165) is 5.69 Å². The molecular formula is C16H27N3O2. The topological polar surface area (TPSA) is 68.5 Å². The highest BCUT2D eigenvalue weighted by molar-refractivity contribution is 5.83. The van der Waals surface area contributed by atoms with Gasteiger partial charge in [-0.15, -0.1) is 0 Å². The van der Waals surface area contributed by atoms with Crippen LogP contribution in [0.2, 0.25) is 0 Å². The van der Waals surface area contributed by atoms with Crippen LogP contribution in [0.3, 0.4) is 0 Å². The van der Waals surface area contributed by atoms with Gasteiger partial charge in [-0.3, -0.25) is 9.78 Å². The molecule has 0 aromatic carbocycles. The summed E-state index contributed by atoms with van der Waals surface area (Å²) >= 11 is 0. The Balaban J connectivity index is 2.94. The Morgan fingerprint density at radius 1 is 1.33 bits per heavy atom.